The van der Waals surface area contributed by atoms with Gasteiger partial charge in [0.15, 0.2) is 0 Å². The fourth-order valence-corrected chi connectivity index (χ4v) is 1.27. The van der Waals surface area contributed by atoms with Gasteiger partial charge in [-0.1, -0.05) is 31.9 Å². The summed E-state index contributed by atoms with van der Waals surface area (Å²) >= 11 is 0. The molecule has 0 unspecified atom stereocenters. The van der Waals surface area contributed by atoms with Gasteiger partial charge in [-0.25, -0.2) is 4.79 Å². The van der Waals surface area contributed by atoms with Crippen molar-refractivity contribution in [1.82, 2.24) is 0 Å². The number of carbonyl (C=O) groups excluding carboxylic acids is 1. The maximum Gasteiger partial charge on any atom is 0.340 e. The van der Waals surface area contributed by atoms with E-state index >= 15 is 0 Å². The van der Waals surface area contributed by atoms with Crippen LogP contribution in [0, 0.1) is 0 Å². The van der Waals surface area contributed by atoms with Gasteiger partial charge >= 0.3 is 5.97 Å². The number of ether oxygens (including phenoxy) is 1. The molecule has 1 rings (SSSR count). The highest BCUT2D eigenvalue weighted by atomic mass is 16.7. The predicted octanol–water partition coefficient (Wildman–Crippen LogP) is 1.92. The highest BCUT2D eigenvalue weighted by molar-refractivity contribution is 5.94. The largest absolute Gasteiger partial charge is 0.426 e. The van der Waals surface area contributed by atoms with E-state index in [1.54, 1.807) is 6.08 Å². The van der Waals surface area contributed by atoms with E-state index in [1.807, 2.05) is 6.08 Å². The molecule has 0 aromatic heterocycles. The number of carbonyl (C=O) groups is 1. The SMILES string of the molecule is CCCC/C=C\C1=C[C@@](C)(O)OC1=O. The number of allylic oxidation sites excluding steroid dienone is 1. The van der Waals surface area contributed by atoms with Crippen LogP contribution in [0.5, 0.6) is 0 Å². The summed E-state index contributed by atoms with van der Waals surface area (Å²) in [6, 6.07) is 0. The Bertz CT molecular complexity index is 274. The third-order valence-corrected chi connectivity index (χ3v) is 1.98. The summed E-state index contributed by atoms with van der Waals surface area (Å²) in [4.78, 5) is 11.2. The first-order valence-electron chi connectivity index (χ1n) is 4.90. The average Bonchev–Trinajstić information content (AvgIpc) is 2.34. The molecule has 0 amide bonds. The molecule has 1 aliphatic heterocycles. The topological polar surface area (TPSA) is 46.5 Å². The van der Waals surface area contributed by atoms with Crippen LogP contribution in [0.4, 0.5) is 0 Å². The smallest absolute Gasteiger partial charge is 0.340 e. The molecule has 0 saturated carbocycles. The molecule has 3 nitrogen and oxygen atoms in total. The lowest BCUT2D eigenvalue weighted by atomic mass is 10.1. The van der Waals surface area contributed by atoms with Crippen molar-refractivity contribution in [1.29, 1.82) is 0 Å². The van der Waals surface area contributed by atoms with E-state index in [9.17, 15) is 9.90 Å². The van der Waals surface area contributed by atoms with Crippen LogP contribution in [0.2, 0.25) is 0 Å². The summed E-state index contributed by atoms with van der Waals surface area (Å²) in [5.41, 5.74) is 0.436. The molecule has 0 aromatic carbocycles. The van der Waals surface area contributed by atoms with Crippen molar-refractivity contribution < 1.29 is 14.6 Å². The van der Waals surface area contributed by atoms with Crippen LogP contribution in [0.1, 0.15) is 33.1 Å². The third kappa shape index (κ3) is 3.00. The lowest BCUT2D eigenvalue weighted by Gasteiger charge is -2.11. The summed E-state index contributed by atoms with van der Waals surface area (Å²) in [6.07, 6.45) is 8.25. The lowest BCUT2D eigenvalue weighted by molar-refractivity contribution is -0.172. The maximum absolute atomic E-state index is 11.2. The van der Waals surface area contributed by atoms with Crippen molar-refractivity contribution >= 4 is 5.97 Å². The molecule has 3 heteroatoms. The molecule has 0 bridgehead atoms. The van der Waals surface area contributed by atoms with E-state index in [-0.39, 0.29) is 0 Å². The summed E-state index contributed by atoms with van der Waals surface area (Å²) < 4.78 is 4.69. The quantitative estimate of drug-likeness (QED) is 0.552. The minimum Gasteiger partial charge on any atom is -0.426 e. The zero-order valence-corrected chi connectivity index (χ0v) is 8.62. The van der Waals surface area contributed by atoms with Crippen LogP contribution in [0.25, 0.3) is 0 Å². The summed E-state index contributed by atoms with van der Waals surface area (Å²) in [7, 11) is 0. The highest BCUT2D eigenvalue weighted by Gasteiger charge is 2.32. The van der Waals surface area contributed by atoms with Crippen molar-refractivity contribution in [3.8, 4) is 0 Å². The molecule has 0 fully saturated rings. The van der Waals surface area contributed by atoms with Crippen molar-refractivity contribution in [3.05, 3.63) is 23.8 Å². The Morgan fingerprint density at radius 2 is 2.36 bits per heavy atom. The molecule has 1 aliphatic rings. The van der Waals surface area contributed by atoms with E-state index in [0.29, 0.717) is 5.57 Å². The molecule has 1 atom stereocenters. The number of unbranched alkanes of at least 4 members (excludes halogenated alkanes) is 2. The van der Waals surface area contributed by atoms with Gasteiger partial charge in [0.1, 0.15) is 0 Å². The van der Waals surface area contributed by atoms with Crippen LogP contribution in [0.3, 0.4) is 0 Å². The molecule has 78 valence electrons. The molecular weight excluding hydrogens is 180 g/mol. The zero-order valence-electron chi connectivity index (χ0n) is 8.62. The second-order valence-corrected chi connectivity index (χ2v) is 3.59. The molecule has 0 spiro atoms. The Morgan fingerprint density at radius 1 is 1.64 bits per heavy atom. The Morgan fingerprint density at radius 3 is 2.86 bits per heavy atom. The lowest BCUT2D eigenvalue weighted by Crippen LogP contribution is -2.22. The van der Waals surface area contributed by atoms with Gasteiger partial charge in [0.25, 0.3) is 0 Å². The van der Waals surface area contributed by atoms with Crippen LogP contribution >= 0.6 is 0 Å². The van der Waals surface area contributed by atoms with Crippen LogP contribution in [0.15, 0.2) is 23.8 Å². The number of cyclic esters (lactones) is 1. The maximum atomic E-state index is 11.2. The highest BCUT2D eigenvalue weighted by Crippen LogP contribution is 2.22. The summed E-state index contributed by atoms with van der Waals surface area (Å²) in [5.74, 6) is -1.88. The first kappa shape index (κ1) is 11.0. The standard InChI is InChI=1S/C11H16O3/c1-3-4-5-6-7-9-8-11(2,13)14-10(9)12/h6-8,13H,3-5H2,1-2H3/b7-6-/t11-/m0/s1. The normalized spacial score (nSPS) is 26.8. The average molecular weight is 196 g/mol. The first-order chi connectivity index (χ1) is 6.55. The molecule has 1 N–H and O–H groups in total. The summed E-state index contributed by atoms with van der Waals surface area (Å²) in [6.45, 7) is 3.56. The fourth-order valence-electron chi connectivity index (χ4n) is 1.27. The number of hydrogen-bond donors (Lipinski definition) is 1. The van der Waals surface area contributed by atoms with Gasteiger partial charge in [-0.05, 0) is 6.42 Å². The minimum atomic E-state index is -1.43. The van der Waals surface area contributed by atoms with Crippen molar-refractivity contribution in [2.24, 2.45) is 0 Å². The second kappa shape index (κ2) is 4.42. The predicted molar refractivity (Wildman–Crippen MR) is 53.5 cm³/mol. The van der Waals surface area contributed by atoms with Crippen LogP contribution in [-0.4, -0.2) is 16.9 Å². The zero-order chi connectivity index (χ0) is 10.6. The van der Waals surface area contributed by atoms with Gasteiger partial charge in [0.2, 0.25) is 5.79 Å². The molecule has 0 aliphatic carbocycles. The number of rotatable bonds is 4. The Kier molecular flexibility index (Phi) is 3.47. The number of esters is 1. The van der Waals surface area contributed by atoms with Crippen molar-refractivity contribution in [2.75, 3.05) is 0 Å². The Balaban J connectivity index is 2.52. The van der Waals surface area contributed by atoms with E-state index in [2.05, 4.69) is 6.92 Å². The van der Waals surface area contributed by atoms with Crippen molar-refractivity contribution in [2.45, 2.75) is 38.9 Å². The van der Waals surface area contributed by atoms with E-state index < -0.39 is 11.8 Å². The van der Waals surface area contributed by atoms with Gasteiger partial charge in [-0.15, -0.1) is 0 Å². The number of hydrogen-bond acceptors (Lipinski definition) is 3. The Labute approximate surface area is 84.1 Å². The number of aliphatic hydroxyl groups is 1. The van der Waals surface area contributed by atoms with E-state index in [4.69, 9.17) is 4.74 Å². The summed E-state index contributed by atoms with van der Waals surface area (Å²) in [5, 5.41) is 9.38. The van der Waals surface area contributed by atoms with Crippen molar-refractivity contribution in [3.63, 3.8) is 0 Å². The second-order valence-electron chi connectivity index (χ2n) is 3.59. The molecule has 0 saturated heterocycles. The van der Waals surface area contributed by atoms with Gasteiger partial charge in [0, 0.05) is 13.0 Å². The van der Waals surface area contributed by atoms with Gasteiger partial charge < -0.3 is 9.84 Å². The van der Waals surface area contributed by atoms with Crippen LogP contribution < -0.4 is 0 Å². The van der Waals surface area contributed by atoms with Gasteiger partial charge in [-0.2, -0.15) is 0 Å². The van der Waals surface area contributed by atoms with Crippen LogP contribution in [-0.2, 0) is 9.53 Å². The van der Waals surface area contributed by atoms with Gasteiger partial charge in [0.05, 0.1) is 5.57 Å². The Hall–Kier alpha value is -1.09. The van der Waals surface area contributed by atoms with E-state index in [0.717, 1.165) is 19.3 Å². The van der Waals surface area contributed by atoms with E-state index in [1.165, 1.54) is 13.0 Å². The van der Waals surface area contributed by atoms with Gasteiger partial charge in [-0.3, -0.25) is 0 Å². The molecule has 14 heavy (non-hydrogen) atoms. The molecule has 0 aromatic rings. The fraction of sp³-hybridized carbons (Fsp3) is 0.545. The monoisotopic (exact) mass is 196 g/mol. The molecule has 1 heterocycles. The third-order valence-electron chi connectivity index (χ3n) is 1.98. The molecular formula is C11H16O3. The molecule has 0 radical (unpaired) electrons. The first-order valence-corrected chi connectivity index (χ1v) is 4.90. The minimum absolute atomic E-state index is 0.436.